The second-order valence-electron chi connectivity index (χ2n) is 5.23. The molecular formula is C13H22N2O2S3. The van der Waals surface area contributed by atoms with Gasteiger partial charge in [0.05, 0.1) is 4.90 Å². The third-order valence-electron chi connectivity index (χ3n) is 3.48. The molecule has 0 bridgehead atoms. The zero-order valence-corrected chi connectivity index (χ0v) is 14.6. The van der Waals surface area contributed by atoms with Gasteiger partial charge in [0.15, 0.2) is 0 Å². The van der Waals surface area contributed by atoms with Crippen molar-refractivity contribution in [1.82, 2.24) is 9.62 Å². The summed E-state index contributed by atoms with van der Waals surface area (Å²) in [6.07, 6.45) is 4.47. The van der Waals surface area contributed by atoms with E-state index in [0.717, 1.165) is 17.2 Å². The maximum atomic E-state index is 12.5. The van der Waals surface area contributed by atoms with E-state index in [2.05, 4.69) is 5.32 Å². The summed E-state index contributed by atoms with van der Waals surface area (Å²) in [6.45, 7) is 2.71. The monoisotopic (exact) mass is 334 g/mol. The van der Waals surface area contributed by atoms with Crippen molar-refractivity contribution >= 4 is 33.1 Å². The minimum atomic E-state index is -3.36. The SMILES string of the molecule is CSCC(C)N(C)S(=O)(=O)c1csc(CNC2CC2)c1. The molecule has 1 aliphatic rings. The molecule has 7 heteroatoms. The van der Waals surface area contributed by atoms with Gasteiger partial charge in [-0.15, -0.1) is 11.3 Å². The third kappa shape index (κ3) is 3.98. The van der Waals surface area contributed by atoms with Crippen molar-refractivity contribution in [3.63, 3.8) is 0 Å². The van der Waals surface area contributed by atoms with Crippen LogP contribution in [-0.4, -0.2) is 43.9 Å². The molecule has 1 atom stereocenters. The van der Waals surface area contributed by atoms with Crippen molar-refractivity contribution in [2.45, 2.75) is 43.3 Å². The van der Waals surface area contributed by atoms with E-state index in [-0.39, 0.29) is 6.04 Å². The van der Waals surface area contributed by atoms with Crippen LogP contribution in [0.15, 0.2) is 16.3 Å². The van der Waals surface area contributed by atoms with Gasteiger partial charge in [0.25, 0.3) is 0 Å². The van der Waals surface area contributed by atoms with E-state index < -0.39 is 10.0 Å². The summed E-state index contributed by atoms with van der Waals surface area (Å²) in [6, 6.07) is 2.45. The van der Waals surface area contributed by atoms with E-state index in [1.807, 2.05) is 13.2 Å². The summed E-state index contributed by atoms with van der Waals surface area (Å²) in [5.41, 5.74) is 0. The van der Waals surface area contributed by atoms with Crippen LogP contribution in [0.25, 0.3) is 0 Å². The molecule has 20 heavy (non-hydrogen) atoms. The van der Waals surface area contributed by atoms with Crippen LogP contribution in [0.2, 0.25) is 0 Å². The number of hydrogen-bond acceptors (Lipinski definition) is 5. The lowest BCUT2D eigenvalue weighted by molar-refractivity contribution is 0.415. The number of nitrogens with one attached hydrogen (secondary N) is 1. The molecule has 1 unspecified atom stereocenters. The van der Waals surface area contributed by atoms with Gasteiger partial charge in [-0.05, 0) is 32.1 Å². The molecule has 1 fully saturated rings. The lowest BCUT2D eigenvalue weighted by Crippen LogP contribution is -2.36. The fourth-order valence-electron chi connectivity index (χ4n) is 1.87. The molecule has 0 radical (unpaired) electrons. The van der Waals surface area contributed by atoms with Crippen LogP contribution in [0.4, 0.5) is 0 Å². The number of thiophene rings is 1. The quantitative estimate of drug-likeness (QED) is 0.793. The van der Waals surface area contributed by atoms with Gasteiger partial charge in [0.2, 0.25) is 10.0 Å². The van der Waals surface area contributed by atoms with Gasteiger partial charge in [0, 0.05) is 41.7 Å². The van der Waals surface area contributed by atoms with Crippen molar-refractivity contribution in [2.24, 2.45) is 0 Å². The number of sulfonamides is 1. The lowest BCUT2D eigenvalue weighted by atomic mass is 10.4. The Hall–Kier alpha value is -0.0800. The minimum absolute atomic E-state index is 0.00272. The van der Waals surface area contributed by atoms with Gasteiger partial charge in [-0.2, -0.15) is 16.1 Å². The fraction of sp³-hybridized carbons (Fsp3) is 0.692. The van der Waals surface area contributed by atoms with E-state index in [0.29, 0.717) is 10.9 Å². The van der Waals surface area contributed by atoms with E-state index >= 15 is 0 Å². The first-order valence-electron chi connectivity index (χ1n) is 6.73. The van der Waals surface area contributed by atoms with Crippen molar-refractivity contribution in [2.75, 3.05) is 19.1 Å². The number of nitrogens with zero attached hydrogens (tertiary/aromatic N) is 1. The summed E-state index contributed by atoms with van der Waals surface area (Å²) in [5, 5.41) is 5.16. The summed E-state index contributed by atoms with van der Waals surface area (Å²) in [5.74, 6) is 0.802. The summed E-state index contributed by atoms with van der Waals surface area (Å²) in [4.78, 5) is 1.51. The molecule has 2 rings (SSSR count). The Morgan fingerprint density at radius 3 is 2.85 bits per heavy atom. The minimum Gasteiger partial charge on any atom is -0.309 e. The van der Waals surface area contributed by atoms with E-state index in [1.54, 1.807) is 30.3 Å². The Bertz CT molecular complexity index is 538. The summed E-state index contributed by atoms with van der Waals surface area (Å²) >= 11 is 3.17. The van der Waals surface area contributed by atoms with Crippen LogP contribution in [0.5, 0.6) is 0 Å². The van der Waals surface area contributed by atoms with E-state index in [4.69, 9.17) is 0 Å². The van der Waals surface area contributed by atoms with Crippen LogP contribution in [0.3, 0.4) is 0 Å². The molecule has 0 saturated heterocycles. The topological polar surface area (TPSA) is 49.4 Å². The summed E-state index contributed by atoms with van der Waals surface area (Å²) < 4.78 is 26.5. The Kier molecular flexibility index (Phi) is 5.53. The highest BCUT2D eigenvalue weighted by atomic mass is 32.2. The van der Waals surface area contributed by atoms with Gasteiger partial charge in [-0.1, -0.05) is 0 Å². The summed E-state index contributed by atoms with van der Waals surface area (Å²) in [7, 11) is -1.70. The van der Waals surface area contributed by atoms with Gasteiger partial charge in [-0.25, -0.2) is 8.42 Å². The molecule has 0 spiro atoms. The molecule has 4 nitrogen and oxygen atoms in total. The maximum Gasteiger partial charge on any atom is 0.243 e. The smallest absolute Gasteiger partial charge is 0.243 e. The first-order valence-corrected chi connectivity index (χ1v) is 10.4. The molecule has 0 aliphatic heterocycles. The van der Waals surface area contributed by atoms with Gasteiger partial charge in [0.1, 0.15) is 0 Å². The normalized spacial score (nSPS) is 17.6. The molecule has 0 aromatic carbocycles. The Morgan fingerprint density at radius 1 is 1.55 bits per heavy atom. The predicted octanol–water partition coefficient (Wildman–Crippen LogP) is 2.37. The first-order chi connectivity index (χ1) is 9.45. The zero-order valence-electron chi connectivity index (χ0n) is 12.1. The maximum absolute atomic E-state index is 12.5. The lowest BCUT2D eigenvalue weighted by Gasteiger charge is -2.23. The zero-order chi connectivity index (χ0) is 14.8. The standard InChI is InChI=1S/C13H22N2O2S3/c1-10(8-18-3)15(2)20(16,17)13-6-12(19-9-13)7-14-11-4-5-11/h6,9-11,14H,4-5,7-8H2,1-3H3. The third-order valence-corrected chi connectivity index (χ3v) is 7.33. The molecule has 0 amide bonds. The van der Waals surface area contributed by atoms with E-state index in [1.165, 1.54) is 28.5 Å². The second-order valence-corrected chi connectivity index (χ2v) is 9.13. The average Bonchev–Trinajstić information content (AvgIpc) is 3.11. The van der Waals surface area contributed by atoms with Gasteiger partial charge < -0.3 is 5.32 Å². The van der Waals surface area contributed by atoms with Crippen molar-refractivity contribution in [1.29, 1.82) is 0 Å². The molecule has 1 aromatic heterocycles. The van der Waals surface area contributed by atoms with Crippen LogP contribution in [-0.2, 0) is 16.6 Å². The molecule has 1 aliphatic carbocycles. The number of hydrogen-bond donors (Lipinski definition) is 1. The highest BCUT2D eigenvalue weighted by Gasteiger charge is 2.26. The van der Waals surface area contributed by atoms with Crippen LogP contribution in [0, 0.1) is 0 Å². The largest absolute Gasteiger partial charge is 0.309 e. The predicted molar refractivity (Wildman–Crippen MR) is 87.0 cm³/mol. The van der Waals surface area contributed by atoms with Crippen molar-refractivity contribution in [3.05, 3.63) is 16.3 Å². The van der Waals surface area contributed by atoms with Crippen molar-refractivity contribution in [3.8, 4) is 0 Å². The molecule has 1 saturated carbocycles. The first kappa shape index (κ1) is 16.3. The Morgan fingerprint density at radius 2 is 2.25 bits per heavy atom. The highest BCUT2D eigenvalue weighted by molar-refractivity contribution is 7.98. The van der Waals surface area contributed by atoms with Crippen LogP contribution >= 0.6 is 23.1 Å². The van der Waals surface area contributed by atoms with Crippen LogP contribution in [0.1, 0.15) is 24.6 Å². The van der Waals surface area contributed by atoms with E-state index in [9.17, 15) is 8.42 Å². The molecule has 114 valence electrons. The Labute approximate surface area is 130 Å². The Balaban J connectivity index is 2.04. The molecule has 1 N–H and O–H groups in total. The second kappa shape index (κ2) is 6.79. The van der Waals surface area contributed by atoms with Crippen molar-refractivity contribution < 1.29 is 8.42 Å². The molecule has 1 heterocycles. The molecular weight excluding hydrogens is 312 g/mol. The van der Waals surface area contributed by atoms with Gasteiger partial charge >= 0.3 is 0 Å². The highest BCUT2D eigenvalue weighted by Crippen LogP contribution is 2.25. The number of rotatable bonds is 8. The van der Waals surface area contributed by atoms with Crippen LogP contribution < -0.4 is 5.32 Å². The molecule has 1 aromatic rings. The fourth-order valence-corrected chi connectivity index (χ4v) is 5.25. The average molecular weight is 335 g/mol. The van der Waals surface area contributed by atoms with Gasteiger partial charge in [-0.3, -0.25) is 0 Å². The number of thioether (sulfide) groups is 1.